The van der Waals surface area contributed by atoms with Crippen LogP contribution in [0, 0.1) is 5.92 Å². The van der Waals surface area contributed by atoms with Gasteiger partial charge in [0.15, 0.2) is 0 Å². The van der Waals surface area contributed by atoms with Gasteiger partial charge in [-0.1, -0.05) is 13.8 Å². The van der Waals surface area contributed by atoms with Crippen LogP contribution in [0.2, 0.25) is 0 Å². The fraction of sp³-hybridized carbons (Fsp3) is 0.625. The minimum Gasteiger partial charge on any atom is -0.497 e. The van der Waals surface area contributed by atoms with Crippen molar-refractivity contribution in [3.05, 3.63) is 23.8 Å². The van der Waals surface area contributed by atoms with Crippen LogP contribution in [-0.2, 0) is 0 Å². The van der Waals surface area contributed by atoms with Gasteiger partial charge in [-0.05, 0) is 37.0 Å². The normalized spacial score (nSPS) is 17.9. The molecule has 112 valence electrons. The third-order valence-electron chi connectivity index (χ3n) is 3.82. The summed E-state index contributed by atoms with van der Waals surface area (Å²) in [6, 6.07) is 6.10. The number of nitrogens with one attached hydrogen (secondary N) is 1. The molecule has 4 heteroatoms. The van der Waals surface area contributed by atoms with E-state index in [1.54, 1.807) is 14.2 Å². The van der Waals surface area contributed by atoms with E-state index in [2.05, 4.69) is 19.2 Å². The van der Waals surface area contributed by atoms with Gasteiger partial charge in [0.05, 0.1) is 20.3 Å². The van der Waals surface area contributed by atoms with Crippen molar-refractivity contribution < 1.29 is 14.6 Å². The summed E-state index contributed by atoms with van der Waals surface area (Å²) >= 11 is 0. The summed E-state index contributed by atoms with van der Waals surface area (Å²) in [6.45, 7) is 4.24. The summed E-state index contributed by atoms with van der Waals surface area (Å²) in [5.74, 6) is 1.76. The Morgan fingerprint density at radius 2 is 1.90 bits per heavy atom. The molecule has 0 amide bonds. The molecule has 2 N–H and O–H groups in total. The molecule has 1 saturated carbocycles. The van der Waals surface area contributed by atoms with Crippen LogP contribution >= 0.6 is 0 Å². The van der Waals surface area contributed by atoms with Crippen LogP contribution in [0.15, 0.2) is 18.2 Å². The maximum absolute atomic E-state index is 10.8. The smallest absolute Gasteiger partial charge is 0.124 e. The fourth-order valence-corrected chi connectivity index (χ4v) is 2.43. The van der Waals surface area contributed by atoms with E-state index in [4.69, 9.17) is 9.47 Å². The molecule has 0 spiro atoms. The SMILES string of the molecule is COc1ccc(OC)c(C(O)C(NC2CC2)C(C)C)c1. The number of aliphatic hydroxyl groups is 1. The molecular weight excluding hydrogens is 254 g/mol. The summed E-state index contributed by atoms with van der Waals surface area (Å²) < 4.78 is 10.6. The molecule has 0 saturated heterocycles. The maximum Gasteiger partial charge on any atom is 0.124 e. The third kappa shape index (κ3) is 3.44. The molecule has 2 unspecified atom stereocenters. The maximum atomic E-state index is 10.8. The van der Waals surface area contributed by atoms with Gasteiger partial charge in [-0.15, -0.1) is 0 Å². The number of hydrogen-bond donors (Lipinski definition) is 2. The van der Waals surface area contributed by atoms with E-state index < -0.39 is 6.10 Å². The minimum absolute atomic E-state index is 0.0171. The fourth-order valence-electron chi connectivity index (χ4n) is 2.43. The summed E-state index contributed by atoms with van der Waals surface area (Å²) in [5.41, 5.74) is 0.777. The first-order chi connectivity index (χ1) is 9.56. The topological polar surface area (TPSA) is 50.7 Å². The van der Waals surface area contributed by atoms with Crippen molar-refractivity contribution in [2.45, 2.75) is 44.9 Å². The van der Waals surface area contributed by atoms with Crippen molar-refractivity contribution in [2.24, 2.45) is 5.92 Å². The molecule has 0 heterocycles. The molecule has 0 aromatic heterocycles. The van der Waals surface area contributed by atoms with Gasteiger partial charge in [0.2, 0.25) is 0 Å². The predicted octanol–water partition coefficient (Wildman–Crippen LogP) is 2.51. The number of methoxy groups -OCH3 is 2. The van der Waals surface area contributed by atoms with E-state index in [-0.39, 0.29) is 6.04 Å². The lowest BCUT2D eigenvalue weighted by molar-refractivity contribution is 0.101. The molecule has 1 fully saturated rings. The molecule has 4 nitrogen and oxygen atoms in total. The average molecular weight is 279 g/mol. The van der Waals surface area contributed by atoms with Crippen molar-refractivity contribution >= 4 is 0 Å². The second-order valence-corrected chi connectivity index (χ2v) is 5.76. The number of rotatable bonds is 7. The van der Waals surface area contributed by atoms with Crippen molar-refractivity contribution in [1.82, 2.24) is 5.32 Å². The Bertz CT molecular complexity index is 443. The molecule has 0 bridgehead atoms. The van der Waals surface area contributed by atoms with Gasteiger partial charge in [0.1, 0.15) is 11.5 Å². The summed E-state index contributed by atoms with van der Waals surface area (Å²) in [7, 11) is 3.25. The lowest BCUT2D eigenvalue weighted by Crippen LogP contribution is -2.40. The monoisotopic (exact) mass is 279 g/mol. The standard InChI is InChI=1S/C16H25NO3/c1-10(2)15(17-11-5-6-11)16(18)13-9-12(19-3)7-8-14(13)20-4/h7-11,15-18H,5-6H2,1-4H3. The van der Waals surface area contributed by atoms with Crippen molar-refractivity contribution in [3.63, 3.8) is 0 Å². The van der Waals surface area contributed by atoms with Crippen LogP contribution in [0.3, 0.4) is 0 Å². The number of aliphatic hydroxyl groups excluding tert-OH is 1. The number of benzene rings is 1. The number of ether oxygens (including phenoxy) is 2. The zero-order chi connectivity index (χ0) is 14.7. The molecule has 1 aromatic carbocycles. The zero-order valence-electron chi connectivity index (χ0n) is 12.7. The highest BCUT2D eigenvalue weighted by molar-refractivity contribution is 5.42. The van der Waals surface area contributed by atoms with Crippen LogP contribution in [0.25, 0.3) is 0 Å². The predicted molar refractivity (Wildman–Crippen MR) is 79.3 cm³/mol. The second kappa shape index (κ2) is 6.46. The van der Waals surface area contributed by atoms with E-state index >= 15 is 0 Å². The van der Waals surface area contributed by atoms with E-state index in [1.807, 2.05) is 18.2 Å². The summed E-state index contributed by atoms with van der Waals surface area (Å²) in [5, 5.41) is 14.3. The Morgan fingerprint density at radius 1 is 1.20 bits per heavy atom. The molecule has 20 heavy (non-hydrogen) atoms. The molecule has 1 aromatic rings. The van der Waals surface area contributed by atoms with Gasteiger partial charge in [-0.2, -0.15) is 0 Å². The van der Waals surface area contributed by atoms with E-state index in [0.29, 0.717) is 17.7 Å². The quantitative estimate of drug-likeness (QED) is 0.805. The molecule has 0 aliphatic heterocycles. The van der Waals surface area contributed by atoms with Gasteiger partial charge in [0.25, 0.3) is 0 Å². The van der Waals surface area contributed by atoms with Crippen LogP contribution < -0.4 is 14.8 Å². The van der Waals surface area contributed by atoms with Crippen molar-refractivity contribution in [1.29, 1.82) is 0 Å². The molecule has 2 rings (SSSR count). The van der Waals surface area contributed by atoms with Crippen LogP contribution in [0.4, 0.5) is 0 Å². The van der Waals surface area contributed by atoms with Crippen molar-refractivity contribution in [2.75, 3.05) is 14.2 Å². The van der Waals surface area contributed by atoms with Crippen LogP contribution in [0.1, 0.15) is 38.4 Å². The highest BCUT2D eigenvalue weighted by Gasteiger charge is 2.32. The molecule has 1 aliphatic carbocycles. The van der Waals surface area contributed by atoms with Gasteiger partial charge in [0, 0.05) is 17.6 Å². The number of hydrogen-bond acceptors (Lipinski definition) is 4. The molecule has 0 radical (unpaired) electrons. The highest BCUT2D eigenvalue weighted by Crippen LogP contribution is 2.34. The molecule has 1 aliphatic rings. The minimum atomic E-state index is -0.611. The van der Waals surface area contributed by atoms with Crippen molar-refractivity contribution in [3.8, 4) is 11.5 Å². The Labute approximate surface area is 121 Å². The van der Waals surface area contributed by atoms with Crippen LogP contribution in [0.5, 0.6) is 11.5 Å². The Morgan fingerprint density at radius 3 is 2.40 bits per heavy atom. The molecule has 2 atom stereocenters. The van der Waals surface area contributed by atoms with E-state index in [0.717, 1.165) is 11.3 Å². The zero-order valence-corrected chi connectivity index (χ0v) is 12.7. The van der Waals surface area contributed by atoms with Gasteiger partial charge in [-0.25, -0.2) is 0 Å². The summed E-state index contributed by atoms with van der Waals surface area (Å²) in [4.78, 5) is 0. The first-order valence-electron chi connectivity index (χ1n) is 7.22. The van der Waals surface area contributed by atoms with Gasteiger partial charge >= 0.3 is 0 Å². The third-order valence-corrected chi connectivity index (χ3v) is 3.82. The second-order valence-electron chi connectivity index (χ2n) is 5.76. The van der Waals surface area contributed by atoms with E-state index in [1.165, 1.54) is 12.8 Å². The Hall–Kier alpha value is -1.26. The Balaban J connectivity index is 2.25. The highest BCUT2D eigenvalue weighted by atomic mass is 16.5. The Kier molecular flexibility index (Phi) is 4.89. The average Bonchev–Trinajstić information content (AvgIpc) is 3.27. The lowest BCUT2D eigenvalue weighted by atomic mass is 9.92. The lowest BCUT2D eigenvalue weighted by Gasteiger charge is -2.29. The van der Waals surface area contributed by atoms with Crippen LogP contribution in [-0.4, -0.2) is 31.4 Å². The van der Waals surface area contributed by atoms with Gasteiger partial charge in [-0.3, -0.25) is 0 Å². The summed E-state index contributed by atoms with van der Waals surface area (Å²) in [6.07, 6.45) is 1.79. The first-order valence-corrected chi connectivity index (χ1v) is 7.22. The molecular formula is C16H25NO3. The van der Waals surface area contributed by atoms with E-state index in [9.17, 15) is 5.11 Å². The first kappa shape index (κ1) is 15.1. The largest absolute Gasteiger partial charge is 0.497 e. The van der Waals surface area contributed by atoms with Gasteiger partial charge < -0.3 is 19.9 Å².